The number of carbonyl (C=O) groups excluding carboxylic acids is 2. The standard InChI is InChI=1S/C19H22N2O5/c1-13(22)21(14-9-10-17(25-3)18(11-14)26-4)12-19(23)20-15-7-5-6-8-16(15)24-2/h5-11H,12H2,1-4H3,(H,20,23). The first kappa shape index (κ1) is 19.1. The summed E-state index contributed by atoms with van der Waals surface area (Å²) in [4.78, 5) is 25.8. The Bertz CT molecular complexity index is 791. The van der Waals surface area contributed by atoms with Crippen LogP contribution in [0.25, 0.3) is 0 Å². The summed E-state index contributed by atoms with van der Waals surface area (Å²) in [7, 11) is 4.56. The largest absolute Gasteiger partial charge is 0.495 e. The fourth-order valence-electron chi connectivity index (χ4n) is 2.46. The lowest BCUT2D eigenvalue weighted by molar-refractivity contribution is -0.120. The number of para-hydroxylation sites is 2. The van der Waals surface area contributed by atoms with Crippen molar-refractivity contribution in [2.24, 2.45) is 0 Å². The highest BCUT2D eigenvalue weighted by Gasteiger charge is 2.18. The van der Waals surface area contributed by atoms with E-state index in [2.05, 4.69) is 5.32 Å². The molecule has 26 heavy (non-hydrogen) atoms. The van der Waals surface area contributed by atoms with Crippen molar-refractivity contribution in [3.63, 3.8) is 0 Å². The Morgan fingerprint density at radius 3 is 2.19 bits per heavy atom. The highest BCUT2D eigenvalue weighted by atomic mass is 16.5. The maximum Gasteiger partial charge on any atom is 0.244 e. The molecule has 0 bridgehead atoms. The first-order valence-corrected chi connectivity index (χ1v) is 7.93. The van der Waals surface area contributed by atoms with Crippen molar-refractivity contribution in [2.75, 3.05) is 38.1 Å². The molecule has 0 fully saturated rings. The molecule has 0 aliphatic heterocycles. The second-order valence-electron chi connectivity index (χ2n) is 5.39. The van der Waals surface area contributed by atoms with Gasteiger partial charge in [0.25, 0.3) is 0 Å². The third-order valence-corrected chi connectivity index (χ3v) is 3.74. The molecule has 7 heteroatoms. The summed E-state index contributed by atoms with van der Waals surface area (Å²) in [6.07, 6.45) is 0. The van der Waals surface area contributed by atoms with Gasteiger partial charge < -0.3 is 24.4 Å². The molecule has 0 spiro atoms. The van der Waals surface area contributed by atoms with Crippen molar-refractivity contribution < 1.29 is 23.8 Å². The molecule has 0 radical (unpaired) electrons. The quantitative estimate of drug-likeness (QED) is 0.823. The Morgan fingerprint density at radius 2 is 1.58 bits per heavy atom. The monoisotopic (exact) mass is 358 g/mol. The lowest BCUT2D eigenvalue weighted by Gasteiger charge is -2.22. The maximum absolute atomic E-state index is 12.4. The lowest BCUT2D eigenvalue weighted by Crippen LogP contribution is -2.36. The van der Waals surface area contributed by atoms with Crippen molar-refractivity contribution in [3.8, 4) is 17.2 Å². The van der Waals surface area contributed by atoms with Gasteiger partial charge in [-0.3, -0.25) is 9.59 Å². The smallest absolute Gasteiger partial charge is 0.244 e. The first-order chi connectivity index (χ1) is 12.5. The fraction of sp³-hybridized carbons (Fsp3) is 0.263. The zero-order chi connectivity index (χ0) is 19.1. The van der Waals surface area contributed by atoms with Gasteiger partial charge in [0.1, 0.15) is 12.3 Å². The van der Waals surface area contributed by atoms with Crippen LogP contribution in [0, 0.1) is 0 Å². The number of hydrogen-bond donors (Lipinski definition) is 1. The number of nitrogens with one attached hydrogen (secondary N) is 1. The maximum atomic E-state index is 12.4. The van der Waals surface area contributed by atoms with Gasteiger partial charge in [-0.05, 0) is 24.3 Å². The minimum atomic E-state index is -0.348. The van der Waals surface area contributed by atoms with E-state index in [0.29, 0.717) is 28.6 Å². The van der Waals surface area contributed by atoms with Gasteiger partial charge in [0.05, 0.1) is 27.0 Å². The van der Waals surface area contributed by atoms with E-state index in [0.717, 1.165) is 0 Å². The van der Waals surface area contributed by atoms with Gasteiger partial charge >= 0.3 is 0 Å². The molecular formula is C19H22N2O5. The van der Waals surface area contributed by atoms with Gasteiger partial charge in [0, 0.05) is 18.7 Å². The summed E-state index contributed by atoms with van der Waals surface area (Å²) in [5, 5.41) is 2.75. The lowest BCUT2D eigenvalue weighted by atomic mass is 10.2. The van der Waals surface area contributed by atoms with E-state index >= 15 is 0 Å². The predicted molar refractivity (Wildman–Crippen MR) is 99.2 cm³/mol. The summed E-state index contributed by atoms with van der Waals surface area (Å²) >= 11 is 0. The molecule has 0 aromatic heterocycles. The Hall–Kier alpha value is -3.22. The van der Waals surface area contributed by atoms with Crippen LogP contribution in [0.1, 0.15) is 6.92 Å². The van der Waals surface area contributed by atoms with Crippen molar-refractivity contribution in [2.45, 2.75) is 6.92 Å². The molecule has 0 saturated heterocycles. The van der Waals surface area contributed by atoms with Crippen LogP contribution in [-0.4, -0.2) is 39.7 Å². The Morgan fingerprint density at radius 1 is 0.923 bits per heavy atom. The molecule has 2 amide bonds. The zero-order valence-corrected chi connectivity index (χ0v) is 15.2. The molecule has 0 aliphatic carbocycles. The van der Waals surface area contributed by atoms with E-state index in [1.807, 2.05) is 0 Å². The second kappa shape index (κ2) is 8.75. The topological polar surface area (TPSA) is 77.1 Å². The van der Waals surface area contributed by atoms with Gasteiger partial charge in [0.2, 0.25) is 11.8 Å². The average molecular weight is 358 g/mol. The number of carbonyl (C=O) groups is 2. The molecular weight excluding hydrogens is 336 g/mol. The average Bonchev–Trinajstić information content (AvgIpc) is 2.65. The summed E-state index contributed by atoms with van der Waals surface area (Å²) in [5.74, 6) is 0.938. The minimum absolute atomic E-state index is 0.150. The summed E-state index contributed by atoms with van der Waals surface area (Å²) < 4.78 is 15.7. The SMILES string of the molecule is COc1ccccc1NC(=O)CN(C(C)=O)c1ccc(OC)c(OC)c1. The number of methoxy groups -OCH3 is 3. The summed E-state index contributed by atoms with van der Waals surface area (Å²) in [6, 6.07) is 12.1. The van der Waals surface area contributed by atoms with Crippen LogP contribution in [0.5, 0.6) is 17.2 Å². The van der Waals surface area contributed by atoms with Crippen molar-refractivity contribution in [1.29, 1.82) is 0 Å². The molecule has 2 aromatic rings. The molecule has 0 heterocycles. The predicted octanol–water partition coefficient (Wildman–Crippen LogP) is 2.70. The van der Waals surface area contributed by atoms with E-state index in [1.165, 1.54) is 33.2 Å². The van der Waals surface area contributed by atoms with Crippen LogP contribution in [0.2, 0.25) is 0 Å². The van der Waals surface area contributed by atoms with E-state index in [1.54, 1.807) is 42.5 Å². The third-order valence-electron chi connectivity index (χ3n) is 3.74. The second-order valence-corrected chi connectivity index (χ2v) is 5.39. The molecule has 0 aliphatic rings. The number of benzene rings is 2. The van der Waals surface area contributed by atoms with Crippen molar-refractivity contribution >= 4 is 23.2 Å². The van der Waals surface area contributed by atoms with E-state index < -0.39 is 0 Å². The highest BCUT2D eigenvalue weighted by molar-refractivity contribution is 6.02. The molecule has 7 nitrogen and oxygen atoms in total. The van der Waals surface area contributed by atoms with Crippen LogP contribution in [-0.2, 0) is 9.59 Å². The number of amides is 2. The van der Waals surface area contributed by atoms with Crippen LogP contribution in [0.3, 0.4) is 0 Å². The normalized spacial score (nSPS) is 10.0. The number of rotatable bonds is 7. The highest BCUT2D eigenvalue weighted by Crippen LogP contribution is 2.31. The Balaban J connectivity index is 2.20. The van der Waals surface area contributed by atoms with Crippen molar-refractivity contribution in [1.82, 2.24) is 0 Å². The summed E-state index contributed by atoms with van der Waals surface area (Å²) in [5.41, 5.74) is 1.07. The van der Waals surface area contributed by atoms with Crippen LogP contribution in [0.15, 0.2) is 42.5 Å². The van der Waals surface area contributed by atoms with E-state index in [9.17, 15) is 9.59 Å². The van der Waals surface area contributed by atoms with Gasteiger partial charge in [-0.1, -0.05) is 12.1 Å². The Labute approximate surface area is 152 Å². The van der Waals surface area contributed by atoms with Crippen LogP contribution in [0.4, 0.5) is 11.4 Å². The van der Waals surface area contributed by atoms with Gasteiger partial charge in [0.15, 0.2) is 11.5 Å². The first-order valence-electron chi connectivity index (χ1n) is 7.93. The number of hydrogen-bond acceptors (Lipinski definition) is 5. The zero-order valence-electron chi connectivity index (χ0n) is 15.2. The number of anilines is 2. The summed E-state index contributed by atoms with van der Waals surface area (Å²) in [6.45, 7) is 1.25. The molecule has 2 aromatic carbocycles. The minimum Gasteiger partial charge on any atom is -0.495 e. The van der Waals surface area contributed by atoms with Gasteiger partial charge in [-0.2, -0.15) is 0 Å². The van der Waals surface area contributed by atoms with Gasteiger partial charge in [-0.15, -0.1) is 0 Å². The Kier molecular flexibility index (Phi) is 6.43. The van der Waals surface area contributed by atoms with Crippen LogP contribution >= 0.6 is 0 Å². The van der Waals surface area contributed by atoms with Gasteiger partial charge in [-0.25, -0.2) is 0 Å². The molecule has 0 unspecified atom stereocenters. The number of nitrogens with zero attached hydrogens (tertiary/aromatic N) is 1. The van der Waals surface area contributed by atoms with Crippen LogP contribution < -0.4 is 24.4 Å². The van der Waals surface area contributed by atoms with Crippen molar-refractivity contribution in [3.05, 3.63) is 42.5 Å². The number of ether oxygens (including phenoxy) is 3. The van der Waals surface area contributed by atoms with E-state index in [-0.39, 0.29) is 18.4 Å². The molecule has 1 N–H and O–H groups in total. The fourth-order valence-corrected chi connectivity index (χ4v) is 2.46. The molecule has 2 rings (SSSR count). The molecule has 0 atom stereocenters. The third kappa shape index (κ3) is 4.44. The molecule has 138 valence electrons. The molecule has 0 saturated carbocycles. The van der Waals surface area contributed by atoms with E-state index in [4.69, 9.17) is 14.2 Å².